The Labute approximate surface area is 222 Å². The lowest BCUT2D eigenvalue weighted by Crippen LogP contribution is -2.32. The van der Waals surface area contributed by atoms with E-state index in [0.717, 1.165) is 24.9 Å². The van der Waals surface area contributed by atoms with Crippen LogP contribution in [0.5, 0.6) is 11.5 Å². The number of hydrogen-bond acceptors (Lipinski definition) is 6. The first kappa shape index (κ1) is 27.0. The highest BCUT2D eigenvalue weighted by Crippen LogP contribution is 2.41. The van der Waals surface area contributed by atoms with E-state index in [9.17, 15) is 9.59 Å². The van der Waals surface area contributed by atoms with Gasteiger partial charge < -0.3 is 23.7 Å². The number of ether oxygens (including phenoxy) is 2. The van der Waals surface area contributed by atoms with Crippen molar-refractivity contribution in [2.45, 2.75) is 39.7 Å². The summed E-state index contributed by atoms with van der Waals surface area (Å²) in [5.74, 6) is 1.56. The normalized spacial score (nSPS) is 15.2. The van der Waals surface area contributed by atoms with E-state index in [2.05, 4.69) is 18.7 Å². The Hall–Kier alpha value is -3.03. The Balaban J connectivity index is 1.81. The summed E-state index contributed by atoms with van der Waals surface area (Å²) in [7, 11) is 3.98. The molecule has 0 N–H and O–H groups in total. The molecule has 0 bridgehead atoms. The van der Waals surface area contributed by atoms with Crippen molar-refractivity contribution in [3.63, 3.8) is 0 Å². The van der Waals surface area contributed by atoms with Crippen LogP contribution in [-0.4, -0.2) is 56.1 Å². The number of carbonyl (C=O) groups is 1. The number of amides is 1. The number of benzene rings is 2. The van der Waals surface area contributed by atoms with E-state index in [-0.39, 0.29) is 17.1 Å². The first-order chi connectivity index (χ1) is 17.7. The Morgan fingerprint density at radius 3 is 2.57 bits per heavy atom. The van der Waals surface area contributed by atoms with Gasteiger partial charge in [-0.1, -0.05) is 31.5 Å². The topological polar surface area (TPSA) is 72.2 Å². The molecule has 1 unspecified atom stereocenters. The lowest BCUT2D eigenvalue weighted by molar-refractivity contribution is 0.0722. The molecule has 37 heavy (non-hydrogen) atoms. The van der Waals surface area contributed by atoms with Crippen LogP contribution in [0.3, 0.4) is 0 Å². The van der Waals surface area contributed by atoms with E-state index in [1.807, 2.05) is 39.2 Å². The lowest BCUT2D eigenvalue weighted by Gasteiger charge is -2.26. The van der Waals surface area contributed by atoms with Gasteiger partial charge in [0.05, 0.1) is 30.2 Å². The number of hydrogen-bond donors (Lipinski definition) is 0. The molecular formula is C29H35ClN2O5. The average molecular weight is 527 g/mol. The van der Waals surface area contributed by atoms with Crippen molar-refractivity contribution in [2.75, 3.05) is 40.4 Å². The Kier molecular flexibility index (Phi) is 8.45. The van der Waals surface area contributed by atoms with Crippen LogP contribution in [0.2, 0.25) is 5.02 Å². The highest BCUT2D eigenvalue weighted by Gasteiger charge is 2.42. The van der Waals surface area contributed by atoms with Crippen molar-refractivity contribution < 1.29 is 18.7 Å². The summed E-state index contributed by atoms with van der Waals surface area (Å²) in [4.78, 5) is 31.1. The molecule has 1 amide bonds. The third-order valence-electron chi connectivity index (χ3n) is 6.47. The molecule has 1 atom stereocenters. The van der Waals surface area contributed by atoms with Crippen molar-refractivity contribution in [1.82, 2.24) is 9.80 Å². The van der Waals surface area contributed by atoms with Gasteiger partial charge >= 0.3 is 0 Å². The zero-order valence-electron chi connectivity index (χ0n) is 22.2. The molecule has 2 aromatic carbocycles. The van der Waals surface area contributed by atoms with Gasteiger partial charge in [0.1, 0.15) is 5.58 Å². The molecule has 0 spiro atoms. The molecule has 1 aromatic heterocycles. The van der Waals surface area contributed by atoms with E-state index in [1.54, 1.807) is 23.1 Å². The van der Waals surface area contributed by atoms with Crippen LogP contribution in [0.25, 0.3) is 11.0 Å². The van der Waals surface area contributed by atoms with Gasteiger partial charge in [-0.05, 0) is 82.2 Å². The molecule has 4 rings (SSSR count). The van der Waals surface area contributed by atoms with Crippen LogP contribution in [0.4, 0.5) is 0 Å². The molecule has 1 aliphatic rings. The second-order valence-electron chi connectivity index (χ2n) is 10.0. The molecule has 198 valence electrons. The van der Waals surface area contributed by atoms with Gasteiger partial charge in [0.25, 0.3) is 5.91 Å². The minimum absolute atomic E-state index is 0.0879. The van der Waals surface area contributed by atoms with Crippen LogP contribution in [-0.2, 0) is 0 Å². The van der Waals surface area contributed by atoms with Crippen molar-refractivity contribution >= 4 is 28.5 Å². The molecule has 1 aliphatic heterocycles. The molecule has 8 heteroatoms. The van der Waals surface area contributed by atoms with Gasteiger partial charge in [-0.2, -0.15) is 0 Å². The number of carbonyl (C=O) groups excluding carboxylic acids is 1. The second kappa shape index (κ2) is 11.6. The third kappa shape index (κ3) is 5.78. The number of rotatable bonds is 11. The largest absolute Gasteiger partial charge is 0.490 e. The first-order valence-corrected chi connectivity index (χ1v) is 13.2. The molecule has 3 aromatic rings. The van der Waals surface area contributed by atoms with E-state index in [4.69, 9.17) is 25.5 Å². The standard InChI is InChI=1S/C29H35ClN2O5/c1-6-35-24-16-19(8-10-23(24)36-15-12-18(2)3)26-25-27(33)21-17-20(30)9-11-22(21)37-28(25)29(34)32(26)14-7-13-31(4)5/h8-11,16-18,26H,6-7,12-15H2,1-5H3. The van der Waals surface area contributed by atoms with Crippen LogP contribution < -0.4 is 14.9 Å². The molecule has 0 saturated carbocycles. The SMILES string of the molecule is CCOc1cc(C2c3c(oc4ccc(Cl)cc4c3=O)C(=O)N2CCCN(C)C)ccc1OCCC(C)C. The van der Waals surface area contributed by atoms with Gasteiger partial charge in [-0.3, -0.25) is 9.59 Å². The molecule has 2 heterocycles. The van der Waals surface area contributed by atoms with Gasteiger partial charge in [0.2, 0.25) is 5.76 Å². The zero-order valence-corrected chi connectivity index (χ0v) is 22.9. The lowest BCUT2D eigenvalue weighted by atomic mass is 9.98. The van der Waals surface area contributed by atoms with Crippen LogP contribution in [0.15, 0.2) is 45.6 Å². The number of fused-ring (bicyclic) bond motifs is 2. The van der Waals surface area contributed by atoms with E-state index in [1.165, 1.54) is 0 Å². The van der Waals surface area contributed by atoms with E-state index >= 15 is 0 Å². The molecular weight excluding hydrogens is 492 g/mol. The van der Waals surface area contributed by atoms with Crippen molar-refractivity contribution in [2.24, 2.45) is 5.92 Å². The Morgan fingerprint density at radius 2 is 1.86 bits per heavy atom. The predicted octanol–water partition coefficient (Wildman–Crippen LogP) is 5.77. The zero-order chi connectivity index (χ0) is 26.7. The maximum Gasteiger partial charge on any atom is 0.290 e. The fourth-order valence-corrected chi connectivity index (χ4v) is 4.79. The summed E-state index contributed by atoms with van der Waals surface area (Å²) in [6, 6.07) is 9.91. The average Bonchev–Trinajstić information content (AvgIpc) is 3.12. The number of nitrogens with zero attached hydrogens (tertiary/aromatic N) is 2. The molecule has 0 saturated heterocycles. The van der Waals surface area contributed by atoms with Crippen molar-refractivity contribution in [3.05, 3.63) is 68.5 Å². The highest BCUT2D eigenvalue weighted by atomic mass is 35.5. The summed E-state index contributed by atoms with van der Waals surface area (Å²) in [5.41, 5.74) is 1.20. The fourth-order valence-electron chi connectivity index (χ4n) is 4.61. The minimum atomic E-state index is -0.604. The van der Waals surface area contributed by atoms with Crippen LogP contribution in [0.1, 0.15) is 61.3 Å². The number of halogens is 1. The summed E-state index contributed by atoms with van der Waals surface area (Å²) in [5, 5.41) is 0.794. The summed E-state index contributed by atoms with van der Waals surface area (Å²) < 4.78 is 18.0. The molecule has 7 nitrogen and oxygen atoms in total. The fraction of sp³-hybridized carbons (Fsp3) is 0.448. The van der Waals surface area contributed by atoms with Gasteiger partial charge in [0, 0.05) is 11.6 Å². The summed E-state index contributed by atoms with van der Waals surface area (Å²) >= 11 is 6.19. The van der Waals surface area contributed by atoms with Gasteiger partial charge in [0.15, 0.2) is 16.9 Å². The van der Waals surface area contributed by atoms with Crippen LogP contribution >= 0.6 is 11.6 Å². The third-order valence-corrected chi connectivity index (χ3v) is 6.70. The van der Waals surface area contributed by atoms with Crippen LogP contribution in [0, 0.1) is 5.92 Å². The Bertz CT molecular complexity index is 1330. The maximum absolute atomic E-state index is 13.8. The van der Waals surface area contributed by atoms with Gasteiger partial charge in [-0.25, -0.2) is 0 Å². The summed E-state index contributed by atoms with van der Waals surface area (Å²) in [6.45, 7) is 8.53. The van der Waals surface area contributed by atoms with Gasteiger partial charge in [-0.15, -0.1) is 0 Å². The van der Waals surface area contributed by atoms with E-state index < -0.39 is 6.04 Å². The highest BCUT2D eigenvalue weighted by molar-refractivity contribution is 6.31. The quantitative estimate of drug-likeness (QED) is 0.316. The van der Waals surface area contributed by atoms with Crippen molar-refractivity contribution in [1.29, 1.82) is 0 Å². The Morgan fingerprint density at radius 1 is 1.08 bits per heavy atom. The molecule has 0 fully saturated rings. The molecule has 0 radical (unpaired) electrons. The maximum atomic E-state index is 13.8. The minimum Gasteiger partial charge on any atom is -0.490 e. The summed E-state index contributed by atoms with van der Waals surface area (Å²) in [6.07, 6.45) is 1.67. The smallest absolute Gasteiger partial charge is 0.290 e. The monoisotopic (exact) mass is 526 g/mol. The van der Waals surface area contributed by atoms with Crippen molar-refractivity contribution in [3.8, 4) is 11.5 Å². The molecule has 0 aliphatic carbocycles. The van der Waals surface area contributed by atoms with E-state index in [0.29, 0.717) is 58.7 Å². The second-order valence-corrected chi connectivity index (χ2v) is 10.5. The first-order valence-electron chi connectivity index (χ1n) is 12.8. The predicted molar refractivity (Wildman–Crippen MR) is 146 cm³/mol.